The number of halogens is 1. The van der Waals surface area contributed by atoms with Crippen LogP contribution in [0.2, 0.25) is 0 Å². The predicted octanol–water partition coefficient (Wildman–Crippen LogP) is 1.92. The molecule has 2 fully saturated rings. The molecule has 1 aromatic rings. The Morgan fingerprint density at radius 1 is 1.27 bits per heavy atom. The van der Waals surface area contributed by atoms with Gasteiger partial charge in [-0.15, -0.1) is 24.0 Å². The molecule has 2 aliphatic rings. The molecule has 1 aliphatic heterocycles. The molecule has 1 unspecified atom stereocenters. The fraction of sp³-hybridized carbons (Fsp3) is 0.722. The van der Waals surface area contributed by atoms with Crippen LogP contribution in [0.15, 0.2) is 23.5 Å². The minimum Gasteiger partial charge on any atom is -0.388 e. The Bertz CT molecular complexity index is 564. The predicted molar refractivity (Wildman–Crippen MR) is 115 cm³/mol. The number of anilines is 1. The highest BCUT2D eigenvalue weighted by atomic mass is 127. The van der Waals surface area contributed by atoms with Crippen molar-refractivity contribution in [3.05, 3.63) is 18.5 Å². The molecule has 26 heavy (non-hydrogen) atoms. The average molecular weight is 474 g/mol. The van der Waals surface area contributed by atoms with Gasteiger partial charge in [0.2, 0.25) is 5.95 Å². The van der Waals surface area contributed by atoms with Crippen LogP contribution in [0.3, 0.4) is 0 Å². The van der Waals surface area contributed by atoms with Gasteiger partial charge in [-0.05, 0) is 31.7 Å². The molecule has 0 spiro atoms. The number of piperidine rings is 1. The number of aliphatic hydroxyl groups is 1. The summed E-state index contributed by atoms with van der Waals surface area (Å²) < 4.78 is 0. The lowest BCUT2D eigenvalue weighted by Crippen LogP contribution is -2.54. The lowest BCUT2D eigenvalue weighted by atomic mass is 9.85. The van der Waals surface area contributed by atoms with Crippen LogP contribution in [0.5, 0.6) is 0 Å². The van der Waals surface area contributed by atoms with Gasteiger partial charge in [-0.2, -0.15) is 0 Å². The lowest BCUT2D eigenvalue weighted by molar-refractivity contribution is 0.00855. The van der Waals surface area contributed by atoms with Crippen molar-refractivity contribution in [2.45, 2.75) is 56.6 Å². The number of aromatic nitrogens is 2. The van der Waals surface area contributed by atoms with Gasteiger partial charge >= 0.3 is 0 Å². The normalized spacial score (nSPS) is 23.1. The van der Waals surface area contributed by atoms with E-state index in [0.717, 1.165) is 63.5 Å². The molecular formula is C18H31IN6O. The van der Waals surface area contributed by atoms with E-state index in [2.05, 4.69) is 30.5 Å². The van der Waals surface area contributed by atoms with E-state index in [4.69, 9.17) is 0 Å². The second kappa shape index (κ2) is 10.2. The first-order valence-electron chi connectivity index (χ1n) is 9.40. The molecule has 0 radical (unpaired) electrons. The van der Waals surface area contributed by atoms with Crippen molar-refractivity contribution < 1.29 is 5.11 Å². The van der Waals surface area contributed by atoms with Gasteiger partial charge in [-0.3, -0.25) is 4.99 Å². The highest BCUT2D eigenvalue weighted by Gasteiger charge is 2.29. The van der Waals surface area contributed by atoms with Crippen LogP contribution < -0.4 is 15.5 Å². The molecule has 3 N–H and O–H groups in total. The first-order valence-corrected chi connectivity index (χ1v) is 9.40. The molecule has 3 rings (SSSR count). The quantitative estimate of drug-likeness (QED) is 0.352. The molecule has 1 saturated heterocycles. The Morgan fingerprint density at radius 3 is 2.69 bits per heavy atom. The minimum atomic E-state index is -0.591. The summed E-state index contributed by atoms with van der Waals surface area (Å²) in [6.07, 6.45) is 11.0. The van der Waals surface area contributed by atoms with Crippen molar-refractivity contribution in [1.29, 1.82) is 0 Å². The average Bonchev–Trinajstić information content (AvgIpc) is 2.67. The van der Waals surface area contributed by atoms with Crippen molar-refractivity contribution in [3.8, 4) is 0 Å². The zero-order valence-electron chi connectivity index (χ0n) is 15.5. The summed E-state index contributed by atoms with van der Waals surface area (Å²) in [7, 11) is 1.78. The zero-order valence-corrected chi connectivity index (χ0v) is 17.9. The maximum atomic E-state index is 10.6. The second-order valence-electron chi connectivity index (χ2n) is 7.19. The van der Waals surface area contributed by atoms with Crippen LogP contribution in [0.25, 0.3) is 0 Å². The SMILES string of the molecule is CN=C(NCC1(O)CCCCC1)NC1CCCN(c2ncccn2)C1.I. The molecule has 2 heterocycles. The number of nitrogens with one attached hydrogen (secondary N) is 2. The van der Waals surface area contributed by atoms with Crippen LogP contribution >= 0.6 is 24.0 Å². The van der Waals surface area contributed by atoms with Crippen molar-refractivity contribution in [3.63, 3.8) is 0 Å². The summed E-state index contributed by atoms with van der Waals surface area (Å²) in [6, 6.07) is 2.13. The Morgan fingerprint density at radius 2 is 2.00 bits per heavy atom. The number of hydrogen-bond acceptors (Lipinski definition) is 5. The Hall–Kier alpha value is -1.16. The summed E-state index contributed by atoms with van der Waals surface area (Å²) >= 11 is 0. The van der Waals surface area contributed by atoms with E-state index >= 15 is 0 Å². The Labute approximate surface area is 173 Å². The third-order valence-corrected chi connectivity index (χ3v) is 5.19. The molecule has 0 bridgehead atoms. The zero-order chi connectivity index (χ0) is 17.5. The molecule has 0 amide bonds. The van der Waals surface area contributed by atoms with E-state index < -0.39 is 5.60 Å². The van der Waals surface area contributed by atoms with Crippen LogP contribution in [0, 0.1) is 0 Å². The molecule has 7 nitrogen and oxygen atoms in total. The van der Waals surface area contributed by atoms with Gasteiger partial charge in [-0.1, -0.05) is 19.3 Å². The summed E-state index contributed by atoms with van der Waals surface area (Å²) in [5.74, 6) is 1.55. The molecular weight excluding hydrogens is 443 g/mol. The smallest absolute Gasteiger partial charge is 0.225 e. The number of rotatable bonds is 4. The van der Waals surface area contributed by atoms with E-state index in [1.807, 2.05) is 6.07 Å². The molecule has 1 saturated carbocycles. The maximum absolute atomic E-state index is 10.6. The minimum absolute atomic E-state index is 0. The fourth-order valence-electron chi connectivity index (χ4n) is 3.75. The second-order valence-corrected chi connectivity index (χ2v) is 7.19. The number of guanidine groups is 1. The fourth-order valence-corrected chi connectivity index (χ4v) is 3.75. The summed E-state index contributed by atoms with van der Waals surface area (Å²) in [6.45, 7) is 2.40. The first kappa shape index (κ1) is 21.1. The van der Waals surface area contributed by atoms with E-state index in [1.165, 1.54) is 6.42 Å². The maximum Gasteiger partial charge on any atom is 0.225 e. The van der Waals surface area contributed by atoms with E-state index in [1.54, 1.807) is 19.4 Å². The molecule has 1 atom stereocenters. The van der Waals surface area contributed by atoms with Crippen molar-refractivity contribution in [1.82, 2.24) is 20.6 Å². The molecule has 0 aromatic carbocycles. The monoisotopic (exact) mass is 474 g/mol. The molecule has 146 valence electrons. The summed E-state index contributed by atoms with van der Waals surface area (Å²) in [5, 5.41) is 17.5. The topological polar surface area (TPSA) is 85.7 Å². The van der Waals surface area contributed by atoms with E-state index in [-0.39, 0.29) is 24.0 Å². The number of hydrogen-bond donors (Lipinski definition) is 3. The van der Waals surface area contributed by atoms with Crippen LogP contribution in [0.1, 0.15) is 44.9 Å². The van der Waals surface area contributed by atoms with Gasteiger partial charge in [0.15, 0.2) is 5.96 Å². The summed E-state index contributed by atoms with van der Waals surface area (Å²) in [5.41, 5.74) is -0.591. The van der Waals surface area contributed by atoms with Crippen LogP contribution in [0.4, 0.5) is 5.95 Å². The number of nitrogens with zero attached hydrogens (tertiary/aromatic N) is 4. The van der Waals surface area contributed by atoms with Gasteiger partial charge in [0, 0.05) is 45.1 Å². The van der Waals surface area contributed by atoms with Crippen molar-refractivity contribution in [2.75, 3.05) is 31.6 Å². The molecule has 8 heteroatoms. The van der Waals surface area contributed by atoms with E-state index in [0.29, 0.717) is 12.6 Å². The number of aliphatic imine (C=N–C) groups is 1. The third kappa shape index (κ3) is 5.94. The van der Waals surface area contributed by atoms with Gasteiger partial charge in [-0.25, -0.2) is 9.97 Å². The first-order chi connectivity index (χ1) is 12.2. The third-order valence-electron chi connectivity index (χ3n) is 5.19. The highest BCUT2D eigenvalue weighted by molar-refractivity contribution is 14.0. The van der Waals surface area contributed by atoms with Crippen LogP contribution in [-0.2, 0) is 0 Å². The molecule has 1 aromatic heterocycles. The summed E-state index contributed by atoms with van der Waals surface area (Å²) in [4.78, 5) is 15.2. The van der Waals surface area contributed by atoms with Gasteiger partial charge in [0.05, 0.1) is 5.60 Å². The lowest BCUT2D eigenvalue weighted by Gasteiger charge is -2.35. The van der Waals surface area contributed by atoms with Crippen LogP contribution in [-0.4, -0.2) is 59.4 Å². The standard InChI is InChI=1S/C18H30N6O.HI/c1-19-16(22-14-18(25)8-3-2-4-9-18)23-15-7-5-12-24(13-15)17-20-10-6-11-21-17;/h6,10-11,15,25H,2-5,7-9,12-14H2,1H3,(H2,19,22,23);1H. The largest absolute Gasteiger partial charge is 0.388 e. The molecule has 1 aliphatic carbocycles. The van der Waals surface area contributed by atoms with Gasteiger partial charge in [0.1, 0.15) is 0 Å². The van der Waals surface area contributed by atoms with Crippen molar-refractivity contribution in [2.24, 2.45) is 4.99 Å². The van der Waals surface area contributed by atoms with E-state index in [9.17, 15) is 5.11 Å². The van der Waals surface area contributed by atoms with Crippen molar-refractivity contribution >= 4 is 35.9 Å². The highest BCUT2D eigenvalue weighted by Crippen LogP contribution is 2.27. The van der Waals surface area contributed by atoms with Gasteiger partial charge < -0.3 is 20.6 Å². The Kier molecular flexibility index (Phi) is 8.33. The van der Waals surface area contributed by atoms with Gasteiger partial charge in [0.25, 0.3) is 0 Å². The Balaban J connectivity index is 0.00000243.